The van der Waals surface area contributed by atoms with Crippen molar-refractivity contribution >= 4 is 12.6 Å². The molecule has 0 bridgehead atoms. The first-order chi connectivity index (χ1) is 10.7. The Balaban J connectivity index is 2.03. The van der Waals surface area contributed by atoms with Crippen LogP contribution in [-0.4, -0.2) is 28.1 Å². The molecule has 1 aliphatic heterocycles. The average molecular weight is 316 g/mol. The fourth-order valence-corrected chi connectivity index (χ4v) is 2.57. The van der Waals surface area contributed by atoms with E-state index in [0.717, 1.165) is 23.3 Å². The van der Waals surface area contributed by atoms with Crippen LogP contribution in [0, 0.1) is 5.82 Å². The minimum Gasteiger partial charge on any atom is -0.399 e. The molecule has 0 radical (unpaired) electrons. The smallest absolute Gasteiger partial charge is 0.399 e. The van der Waals surface area contributed by atoms with Gasteiger partial charge in [-0.3, -0.25) is 4.68 Å². The number of hydrogen-bond acceptors (Lipinski definition) is 3. The molecule has 2 aromatic rings. The Bertz CT molecular complexity index is 694. The number of hydrogen-bond donors (Lipinski definition) is 0. The quantitative estimate of drug-likeness (QED) is 0.817. The molecule has 0 aliphatic carbocycles. The van der Waals surface area contributed by atoms with Crippen molar-refractivity contribution in [3.05, 3.63) is 36.3 Å². The van der Waals surface area contributed by atoms with Crippen LogP contribution in [0.15, 0.2) is 30.5 Å². The number of halogens is 1. The van der Waals surface area contributed by atoms with Gasteiger partial charge in [0.25, 0.3) is 0 Å². The van der Waals surface area contributed by atoms with Crippen molar-refractivity contribution in [1.82, 2.24) is 9.78 Å². The molecule has 1 saturated heterocycles. The maximum Gasteiger partial charge on any atom is 0.498 e. The summed E-state index contributed by atoms with van der Waals surface area (Å²) in [5, 5.41) is 4.60. The molecular weight excluding hydrogens is 294 g/mol. The van der Waals surface area contributed by atoms with E-state index in [1.54, 1.807) is 12.1 Å². The Morgan fingerprint density at radius 3 is 2.17 bits per heavy atom. The van der Waals surface area contributed by atoms with Crippen LogP contribution in [0.25, 0.3) is 11.3 Å². The summed E-state index contributed by atoms with van der Waals surface area (Å²) in [7, 11) is -0.486. The van der Waals surface area contributed by atoms with Gasteiger partial charge in [0.2, 0.25) is 0 Å². The Morgan fingerprint density at radius 2 is 1.65 bits per heavy atom. The lowest BCUT2D eigenvalue weighted by atomic mass is 9.78. The molecule has 23 heavy (non-hydrogen) atoms. The highest BCUT2D eigenvalue weighted by Gasteiger charge is 2.52. The molecule has 3 rings (SSSR count). The van der Waals surface area contributed by atoms with Crippen molar-refractivity contribution in [2.75, 3.05) is 0 Å². The summed E-state index contributed by atoms with van der Waals surface area (Å²) < 4.78 is 27.3. The summed E-state index contributed by atoms with van der Waals surface area (Å²) in [6.07, 6.45) is 1.95. The second-order valence-corrected chi connectivity index (χ2v) is 6.88. The highest BCUT2D eigenvalue weighted by molar-refractivity contribution is 6.63. The Hall–Kier alpha value is -1.66. The summed E-state index contributed by atoms with van der Waals surface area (Å²) in [6.45, 7) is 10.9. The second-order valence-electron chi connectivity index (χ2n) is 6.88. The average Bonchev–Trinajstić information content (AvgIpc) is 2.99. The van der Waals surface area contributed by atoms with Crippen LogP contribution in [0.3, 0.4) is 0 Å². The molecule has 1 aromatic heterocycles. The van der Waals surface area contributed by atoms with Gasteiger partial charge in [0, 0.05) is 23.8 Å². The van der Waals surface area contributed by atoms with E-state index in [9.17, 15) is 4.39 Å². The first-order valence-electron chi connectivity index (χ1n) is 7.92. The van der Waals surface area contributed by atoms with E-state index in [1.807, 2.05) is 45.5 Å². The molecule has 1 aliphatic rings. The topological polar surface area (TPSA) is 36.3 Å². The zero-order valence-electron chi connectivity index (χ0n) is 14.3. The van der Waals surface area contributed by atoms with E-state index in [0.29, 0.717) is 0 Å². The fraction of sp³-hybridized carbons (Fsp3) is 0.471. The van der Waals surface area contributed by atoms with E-state index in [4.69, 9.17) is 9.31 Å². The molecular formula is C17H22BFN2O2. The lowest BCUT2D eigenvalue weighted by Crippen LogP contribution is -2.41. The van der Waals surface area contributed by atoms with Gasteiger partial charge in [-0.15, -0.1) is 0 Å². The molecule has 4 nitrogen and oxygen atoms in total. The summed E-state index contributed by atoms with van der Waals surface area (Å²) in [5.74, 6) is -0.263. The van der Waals surface area contributed by atoms with Crippen LogP contribution in [0.2, 0.25) is 0 Å². The molecule has 0 N–H and O–H groups in total. The van der Waals surface area contributed by atoms with E-state index in [1.165, 1.54) is 12.1 Å². The summed E-state index contributed by atoms with van der Waals surface area (Å²) in [6, 6.07) is 6.33. The van der Waals surface area contributed by atoms with Crippen LogP contribution in [0.1, 0.15) is 34.6 Å². The van der Waals surface area contributed by atoms with Gasteiger partial charge in [0.15, 0.2) is 0 Å². The summed E-state index contributed by atoms with van der Waals surface area (Å²) in [5.41, 5.74) is 1.67. The van der Waals surface area contributed by atoms with Crippen molar-refractivity contribution < 1.29 is 13.7 Å². The number of nitrogens with zero attached hydrogens (tertiary/aromatic N) is 2. The highest BCUT2D eigenvalue weighted by Crippen LogP contribution is 2.37. The van der Waals surface area contributed by atoms with Crippen molar-refractivity contribution in [2.45, 2.75) is 52.4 Å². The minimum atomic E-state index is -0.486. The van der Waals surface area contributed by atoms with Crippen LogP contribution in [0.5, 0.6) is 0 Å². The van der Waals surface area contributed by atoms with E-state index >= 15 is 0 Å². The van der Waals surface area contributed by atoms with E-state index in [2.05, 4.69) is 5.10 Å². The maximum atomic E-state index is 13.2. The molecule has 0 atom stereocenters. The minimum absolute atomic E-state index is 0.263. The molecule has 2 heterocycles. The lowest BCUT2D eigenvalue weighted by molar-refractivity contribution is 0.00578. The summed E-state index contributed by atoms with van der Waals surface area (Å²) >= 11 is 0. The number of aromatic nitrogens is 2. The van der Waals surface area contributed by atoms with Gasteiger partial charge < -0.3 is 9.31 Å². The molecule has 0 unspecified atom stereocenters. The van der Waals surface area contributed by atoms with Gasteiger partial charge in [-0.1, -0.05) is 0 Å². The predicted molar refractivity (Wildman–Crippen MR) is 89.0 cm³/mol. The van der Waals surface area contributed by atoms with Crippen LogP contribution in [-0.2, 0) is 15.9 Å². The van der Waals surface area contributed by atoms with Crippen molar-refractivity contribution in [3.63, 3.8) is 0 Å². The third-order valence-electron chi connectivity index (χ3n) is 4.74. The monoisotopic (exact) mass is 316 g/mol. The van der Waals surface area contributed by atoms with Crippen molar-refractivity contribution in [1.29, 1.82) is 0 Å². The molecule has 6 heteroatoms. The van der Waals surface area contributed by atoms with E-state index in [-0.39, 0.29) is 5.82 Å². The molecule has 122 valence electrons. The normalized spacial score (nSPS) is 19.3. The SMILES string of the molecule is CCn1cc(B2OC(C)(C)C(C)(C)O2)c(-c2ccc(F)cc2)n1. The van der Waals surface area contributed by atoms with Crippen LogP contribution >= 0.6 is 0 Å². The van der Waals surface area contributed by atoms with Gasteiger partial charge in [0.05, 0.1) is 16.9 Å². The third-order valence-corrected chi connectivity index (χ3v) is 4.74. The van der Waals surface area contributed by atoms with Gasteiger partial charge in [-0.2, -0.15) is 5.10 Å². The van der Waals surface area contributed by atoms with Gasteiger partial charge in [-0.05, 0) is 58.9 Å². The Morgan fingerprint density at radius 1 is 1.09 bits per heavy atom. The molecule has 0 amide bonds. The Kier molecular flexibility index (Phi) is 3.85. The lowest BCUT2D eigenvalue weighted by Gasteiger charge is -2.32. The van der Waals surface area contributed by atoms with Crippen molar-refractivity contribution in [2.24, 2.45) is 0 Å². The van der Waals surface area contributed by atoms with Crippen molar-refractivity contribution in [3.8, 4) is 11.3 Å². The first kappa shape index (κ1) is 16.2. The van der Waals surface area contributed by atoms with Gasteiger partial charge in [-0.25, -0.2) is 4.39 Å². The molecule has 1 fully saturated rings. The predicted octanol–water partition coefficient (Wildman–Crippen LogP) is 3.01. The van der Waals surface area contributed by atoms with Gasteiger partial charge in [0.1, 0.15) is 5.82 Å². The zero-order valence-corrected chi connectivity index (χ0v) is 14.3. The van der Waals surface area contributed by atoms with Crippen LogP contribution in [0.4, 0.5) is 4.39 Å². The summed E-state index contributed by atoms with van der Waals surface area (Å²) in [4.78, 5) is 0. The molecule has 1 aromatic carbocycles. The fourth-order valence-electron chi connectivity index (χ4n) is 2.57. The highest BCUT2D eigenvalue weighted by atomic mass is 19.1. The van der Waals surface area contributed by atoms with Gasteiger partial charge >= 0.3 is 7.12 Å². The zero-order chi connectivity index (χ0) is 16.8. The number of rotatable bonds is 3. The molecule has 0 spiro atoms. The van der Waals surface area contributed by atoms with E-state index < -0.39 is 18.3 Å². The standard InChI is InChI=1S/C17H22BFN2O2/c1-6-21-11-14(18-22-16(2,3)17(4,5)23-18)15(20-21)12-7-9-13(19)10-8-12/h7-11H,6H2,1-5H3. The Labute approximate surface area is 136 Å². The number of aryl methyl sites for hydroxylation is 1. The second kappa shape index (κ2) is 5.46. The molecule has 0 saturated carbocycles. The van der Waals surface area contributed by atoms with Crippen LogP contribution < -0.4 is 5.46 Å². The third kappa shape index (κ3) is 2.81. The first-order valence-corrected chi connectivity index (χ1v) is 7.92. The maximum absolute atomic E-state index is 13.2. The largest absolute Gasteiger partial charge is 0.498 e. The number of benzene rings is 1.